The molecule has 7 nitrogen and oxygen atoms in total. The summed E-state index contributed by atoms with van der Waals surface area (Å²) in [5.74, 6) is 0.946. The predicted molar refractivity (Wildman–Crippen MR) is 87.0 cm³/mol. The fraction of sp³-hybridized carbons (Fsp3) is 0.600. The average molecular weight is 304 g/mol. The van der Waals surface area contributed by atoms with Gasteiger partial charge in [0.05, 0.1) is 12.3 Å². The first-order chi connectivity index (χ1) is 10.6. The Hall–Kier alpha value is -2.04. The van der Waals surface area contributed by atoms with Crippen LogP contribution in [0.2, 0.25) is 0 Å². The average Bonchev–Trinajstić information content (AvgIpc) is 2.49. The molecule has 22 heavy (non-hydrogen) atoms. The summed E-state index contributed by atoms with van der Waals surface area (Å²) in [5, 5.41) is 12.4. The number of rotatable bonds is 6. The van der Waals surface area contributed by atoms with Crippen LogP contribution in [-0.2, 0) is 0 Å². The first kappa shape index (κ1) is 16.3. The summed E-state index contributed by atoms with van der Waals surface area (Å²) < 4.78 is 5.39. The van der Waals surface area contributed by atoms with Crippen molar-refractivity contribution in [3.8, 4) is 11.9 Å². The number of hydrogen-bond acceptors (Lipinski definition) is 7. The maximum atomic E-state index is 9.10. The minimum Gasteiger partial charge on any atom is -0.477 e. The highest BCUT2D eigenvalue weighted by molar-refractivity contribution is 5.64. The van der Waals surface area contributed by atoms with E-state index in [1.165, 1.54) is 0 Å². The van der Waals surface area contributed by atoms with E-state index in [9.17, 15) is 0 Å². The Kier molecular flexibility index (Phi) is 5.81. The van der Waals surface area contributed by atoms with E-state index in [4.69, 9.17) is 15.7 Å². The van der Waals surface area contributed by atoms with E-state index < -0.39 is 0 Å². The number of nitrogens with two attached hydrogens (primary N) is 1. The third-order valence-electron chi connectivity index (χ3n) is 3.74. The van der Waals surface area contributed by atoms with Crippen LogP contribution in [0.5, 0.6) is 5.88 Å². The number of nitrogen functional groups attached to an aromatic ring is 1. The van der Waals surface area contributed by atoms with Gasteiger partial charge < -0.3 is 20.7 Å². The fourth-order valence-corrected chi connectivity index (χ4v) is 2.40. The summed E-state index contributed by atoms with van der Waals surface area (Å²) in [5.41, 5.74) is 6.58. The molecule has 1 aromatic rings. The van der Waals surface area contributed by atoms with Gasteiger partial charge in [0, 0.05) is 45.3 Å². The summed E-state index contributed by atoms with van der Waals surface area (Å²) in [6.45, 7) is 8.44. The lowest BCUT2D eigenvalue weighted by atomic mass is 10.2. The highest BCUT2D eigenvalue weighted by Gasteiger charge is 2.14. The van der Waals surface area contributed by atoms with Crippen molar-refractivity contribution in [2.45, 2.75) is 6.92 Å². The zero-order valence-corrected chi connectivity index (χ0v) is 13.3. The van der Waals surface area contributed by atoms with Crippen molar-refractivity contribution < 1.29 is 4.74 Å². The molecule has 1 aromatic heterocycles. The third kappa shape index (κ3) is 4.23. The van der Waals surface area contributed by atoms with Crippen LogP contribution in [0.4, 0.5) is 11.5 Å². The number of anilines is 2. The SMILES string of the molecule is CCOc1nc(NCCN2CCN(C)CC2)cc(N)c1C#N. The standard InChI is InChI=1S/C15H24N6O/c1-3-22-15-12(11-16)13(17)10-14(19-15)18-4-5-21-8-6-20(2)7-9-21/h10H,3-9H2,1-2H3,(H3,17,18,19). The monoisotopic (exact) mass is 304 g/mol. The van der Waals surface area contributed by atoms with Crippen molar-refractivity contribution >= 4 is 11.5 Å². The number of nitrogens with zero attached hydrogens (tertiary/aromatic N) is 4. The quantitative estimate of drug-likeness (QED) is 0.795. The van der Waals surface area contributed by atoms with Crippen LogP contribution >= 0.6 is 0 Å². The minimum absolute atomic E-state index is 0.298. The van der Waals surface area contributed by atoms with Crippen molar-refractivity contribution in [2.75, 3.05) is 64.0 Å². The molecule has 120 valence electrons. The molecule has 2 rings (SSSR count). The highest BCUT2D eigenvalue weighted by atomic mass is 16.5. The lowest BCUT2D eigenvalue weighted by Crippen LogP contribution is -2.45. The Bertz CT molecular complexity index is 534. The minimum atomic E-state index is 0.298. The summed E-state index contributed by atoms with van der Waals surface area (Å²) in [4.78, 5) is 9.08. The first-order valence-corrected chi connectivity index (χ1v) is 7.62. The first-order valence-electron chi connectivity index (χ1n) is 7.62. The molecule has 7 heteroatoms. The molecule has 0 aromatic carbocycles. The van der Waals surface area contributed by atoms with E-state index in [-0.39, 0.29) is 0 Å². The normalized spacial score (nSPS) is 16.2. The number of aromatic nitrogens is 1. The molecule has 0 unspecified atom stereocenters. The Labute approximate surface area is 131 Å². The van der Waals surface area contributed by atoms with Crippen LogP contribution in [0.3, 0.4) is 0 Å². The Morgan fingerprint density at radius 1 is 1.41 bits per heavy atom. The van der Waals surface area contributed by atoms with E-state index in [0.717, 1.165) is 39.3 Å². The largest absolute Gasteiger partial charge is 0.477 e. The zero-order chi connectivity index (χ0) is 15.9. The lowest BCUT2D eigenvalue weighted by molar-refractivity contribution is 0.158. The number of ether oxygens (including phenoxy) is 1. The number of hydrogen-bond donors (Lipinski definition) is 2. The molecule has 0 radical (unpaired) electrons. The van der Waals surface area contributed by atoms with Gasteiger partial charge in [-0.2, -0.15) is 10.2 Å². The van der Waals surface area contributed by atoms with Crippen molar-refractivity contribution in [1.29, 1.82) is 5.26 Å². The Balaban J connectivity index is 1.91. The molecule has 1 aliphatic rings. The summed E-state index contributed by atoms with van der Waals surface area (Å²) in [6, 6.07) is 3.72. The van der Waals surface area contributed by atoms with Crippen molar-refractivity contribution in [2.24, 2.45) is 0 Å². The van der Waals surface area contributed by atoms with Gasteiger partial charge in [-0.15, -0.1) is 0 Å². The molecule has 1 fully saturated rings. The number of nitriles is 1. The van der Waals surface area contributed by atoms with Gasteiger partial charge in [-0.05, 0) is 14.0 Å². The second kappa shape index (κ2) is 7.82. The molecule has 0 bridgehead atoms. The highest BCUT2D eigenvalue weighted by Crippen LogP contribution is 2.24. The number of likely N-dealkylation sites (N-methyl/N-ethyl adjacent to an activating group) is 1. The lowest BCUT2D eigenvalue weighted by Gasteiger charge is -2.32. The van der Waals surface area contributed by atoms with Crippen LogP contribution in [-0.4, -0.2) is 67.7 Å². The number of pyridine rings is 1. The van der Waals surface area contributed by atoms with Crippen molar-refractivity contribution in [3.63, 3.8) is 0 Å². The second-order valence-electron chi connectivity index (χ2n) is 5.39. The van der Waals surface area contributed by atoms with E-state index >= 15 is 0 Å². The Morgan fingerprint density at radius 3 is 2.77 bits per heavy atom. The molecule has 1 saturated heterocycles. The smallest absolute Gasteiger partial charge is 0.235 e. The van der Waals surface area contributed by atoms with Gasteiger partial charge in [-0.25, -0.2) is 0 Å². The predicted octanol–water partition coefficient (Wildman–Crippen LogP) is 0.593. The summed E-state index contributed by atoms with van der Waals surface area (Å²) in [7, 11) is 2.15. The molecule has 0 aliphatic carbocycles. The molecule has 0 spiro atoms. The van der Waals surface area contributed by atoms with Gasteiger partial charge in [0.2, 0.25) is 5.88 Å². The molecule has 2 heterocycles. The molecular weight excluding hydrogens is 280 g/mol. The van der Waals surface area contributed by atoms with Crippen LogP contribution in [0, 0.1) is 11.3 Å². The van der Waals surface area contributed by atoms with Crippen LogP contribution in [0.1, 0.15) is 12.5 Å². The van der Waals surface area contributed by atoms with Crippen LogP contribution in [0.25, 0.3) is 0 Å². The summed E-state index contributed by atoms with van der Waals surface area (Å²) >= 11 is 0. The van der Waals surface area contributed by atoms with Gasteiger partial charge in [0.15, 0.2) is 0 Å². The number of nitrogens with one attached hydrogen (secondary N) is 1. The van der Waals surface area contributed by atoms with Crippen molar-refractivity contribution in [1.82, 2.24) is 14.8 Å². The molecule has 0 amide bonds. The molecule has 3 N–H and O–H groups in total. The van der Waals surface area contributed by atoms with Gasteiger partial charge in [0.25, 0.3) is 0 Å². The van der Waals surface area contributed by atoms with Gasteiger partial charge in [0.1, 0.15) is 17.5 Å². The van der Waals surface area contributed by atoms with Gasteiger partial charge in [-0.1, -0.05) is 0 Å². The van der Waals surface area contributed by atoms with E-state index in [1.54, 1.807) is 6.07 Å². The molecular formula is C15H24N6O. The van der Waals surface area contributed by atoms with Gasteiger partial charge >= 0.3 is 0 Å². The molecule has 0 atom stereocenters. The van der Waals surface area contributed by atoms with E-state index in [1.807, 2.05) is 13.0 Å². The summed E-state index contributed by atoms with van der Waals surface area (Å²) in [6.07, 6.45) is 0. The fourth-order valence-electron chi connectivity index (χ4n) is 2.40. The topological polar surface area (TPSA) is 90.4 Å². The molecule has 1 aliphatic heterocycles. The third-order valence-corrected chi connectivity index (χ3v) is 3.74. The van der Waals surface area contributed by atoms with Crippen molar-refractivity contribution in [3.05, 3.63) is 11.6 Å². The van der Waals surface area contributed by atoms with Gasteiger partial charge in [-0.3, -0.25) is 4.90 Å². The van der Waals surface area contributed by atoms with E-state index in [0.29, 0.717) is 29.6 Å². The van der Waals surface area contributed by atoms with Crippen LogP contribution < -0.4 is 15.8 Å². The van der Waals surface area contributed by atoms with E-state index in [2.05, 4.69) is 27.1 Å². The zero-order valence-electron chi connectivity index (χ0n) is 13.3. The number of piperazine rings is 1. The Morgan fingerprint density at radius 2 is 2.14 bits per heavy atom. The second-order valence-corrected chi connectivity index (χ2v) is 5.39. The maximum absolute atomic E-state index is 9.10. The maximum Gasteiger partial charge on any atom is 0.235 e. The van der Waals surface area contributed by atoms with Crippen LogP contribution in [0.15, 0.2) is 6.07 Å². The molecule has 0 saturated carbocycles.